The summed E-state index contributed by atoms with van der Waals surface area (Å²) in [4.78, 5) is 0. The zero-order chi connectivity index (χ0) is 10.9. The van der Waals surface area contributed by atoms with Gasteiger partial charge in [0.05, 0.1) is 11.1 Å². The average molecular weight is 211 g/mol. The molecule has 0 aromatic heterocycles. The van der Waals surface area contributed by atoms with Gasteiger partial charge in [-0.1, -0.05) is 0 Å². The first-order valence-electron chi connectivity index (χ1n) is 3.58. The van der Waals surface area contributed by atoms with E-state index in [1.807, 2.05) is 0 Å². The number of alkyl halides is 4. The second-order valence-corrected chi connectivity index (χ2v) is 2.61. The average Bonchev–Trinajstić information content (AvgIpc) is 2.07. The third-order valence-electron chi connectivity index (χ3n) is 1.62. The van der Waals surface area contributed by atoms with Crippen molar-refractivity contribution in [1.82, 2.24) is 0 Å². The van der Waals surface area contributed by atoms with Gasteiger partial charge in [-0.15, -0.1) is 0 Å². The predicted molar refractivity (Wildman–Crippen MR) is 40.7 cm³/mol. The molecule has 0 radical (unpaired) electrons. The van der Waals surface area contributed by atoms with Crippen LogP contribution in [0.2, 0.25) is 0 Å². The van der Waals surface area contributed by atoms with Crippen LogP contribution < -0.4 is 5.73 Å². The molecule has 6 heteroatoms. The van der Waals surface area contributed by atoms with Crippen LogP contribution in [0.1, 0.15) is 24.0 Å². The highest BCUT2D eigenvalue weighted by atomic mass is 19.3. The maximum Gasteiger partial charge on any atom is 0.266 e. The van der Waals surface area contributed by atoms with Crippen molar-refractivity contribution in [2.45, 2.75) is 12.9 Å². The molecule has 78 valence electrons. The fraction of sp³-hybridized carbons (Fsp3) is 0.250. The van der Waals surface area contributed by atoms with E-state index < -0.39 is 29.8 Å². The minimum absolute atomic E-state index is 0.308. The Balaban J connectivity index is 3.32. The summed E-state index contributed by atoms with van der Waals surface area (Å²) in [6.45, 7) is 0. The highest BCUT2D eigenvalue weighted by Crippen LogP contribution is 2.31. The number of hydrogen-bond donors (Lipinski definition) is 1. The highest BCUT2D eigenvalue weighted by Gasteiger charge is 2.22. The summed E-state index contributed by atoms with van der Waals surface area (Å²) >= 11 is 0. The lowest BCUT2D eigenvalue weighted by Gasteiger charge is -2.08. The zero-order valence-electron chi connectivity index (χ0n) is 6.78. The topological polar surface area (TPSA) is 26.0 Å². The molecule has 0 amide bonds. The van der Waals surface area contributed by atoms with E-state index in [9.17, 15) is 22.0 Å². The Labute approximate surface area is 76.3 Å². The first kappa shape index (κ1) is 10.7. The van der Waals surface area contributed by atoms with Gasteiger partial charge in [-0.05, 0) is 12.1 Å². The van der Waals surface area contributed by atoms with Crippen molar-refractivity contribution in [3.63, 3.8) is 0 Å². The Morgan fingerprint density at radius 2 is 1.29 bits per heavy atom. The standard InChI is InChI=1S/C8H6F5N/c9-6-4(7(10)11)1-3(14)2-5(6)8(12)13/h1-2,7-8H,14H2. The lowest BCUT2D eigenvalue weighted by Crippen LogP contribution is -2.00. The van der Waals surface area contributed by atoms with Gasteiger partial charge in [-0.25, -0.2) is 22.0 Å². The SMILES string of the molecule is Nc1cc(C(F)F)c(F)c(C(F)F)c1. The summed E-state index contributed by atoms with van der Waals surface area (Å²) in [6.07, 6.45) is -6.31. The molecule has 0 aliphatic heterocycles. The van der Waals surface area contributed by atoms with Crippen LogP contribution in [0.3, 0.4) is 0 Å². The van der Waals surface area contributed by atoms with Crippen molar-refractivity contribution in [3.05, 3.63) is 29.1 Å². The van der Waals surface area contributed by atoms with Crippen molar-refractivity contribution in [2.24, 2.45) is 0 Å². The molecule has 0 saturated carbocycles. The summed E-state index contributed by atoms with van der Waals surface area (Å²) in [7, 11) is 0. The molecule has 1 rings (SSSR count). The first-order chi connectivity index (χ1) is 6.43. The molecule has 0 atom stereocenters. The van der Waals surface area contributed by atoms with E-state index >= 15 is 0 Å². The van der Waals surface area contributed by atoms with Gasteiger partial charge in [0.25, 0.3) is 12.9 Å². The molecule has 0 bridgehead atoms. The number of halogens is 5. The summed E-state index contributed by atoms with van der Waals surface area (Å²) < 4.78 is 61.4. The summed E-state index contributed by atoms with van der Waals surface area (Å²) in [5, 5.41) is 0. The molecule has 1 aromatic rings. The normalized spacial score (nSPS) is 11.4. The van der Waals surface area contributed by atoms with Gasteiger partial charge < -0.3 is 5.73 Å². The lowest BCUT2D eigenvalue weighted by atomic mass is 10.1. The van der Waals surface area contributed by atoms with Crippen molar-refractivity contribution in [2.75, 3.05) is 5.73 Å². The minimum Gasteiger partial charge on any atom is -0.399 e. The lowest BCUT2D eigenvalue weighted by molar-refractivity contribution is 0.134. The van der Waals surface area contributed by atoms with Crippen molar-refractivity contribution < 1.29 is 22.0 Å². The van der Waals surface area contributed by atoms with Gasteiger partial charge in [0.1, 0.15) is 5.82 Å². The molecule has 1 nitrogen and oxygen atoms in total. The molecular formula is C8H6F5N. The van der Waals surface area contributed by atoms with Gasteiger partial charge in [-0.3, -0.25) is 0 Å². The van der Waals surface area contributed by atoms with Gasteiger partial charge in [0.2, 0.25) is 0 Å². The second kappa shape index (κ2) is 3.81. The molecule has 0 aliphatic carbocycles. The van der Waals surface area contributed by atoms with Crippen molar-refractivity contribution in [3.8, 4) is 0 Å². The fourth-order valence-electron chi connectivity index (χ4n) is 1.01. The van der Waals surface area contributed by atoms with E-state index in [1.165, 1.54) is 0 Å². The monoisotopic (exact) mass is 211 g/mol. The third-order valence-corrected chi connectivity index (χ3v) is 1.62. The number of anilines is 1. The van der Waals surface area contributed by atoms with Crippen LogP contribution in [0, 0.1) is 5.82 Å². The molecule has 0 unspecified atom stereocenters. The van der Waals surface area contributed by atoms with E-state index in [-0.39, 0.29) is 5.69 Å². The second-order valence-electron chi connectivity index (χ2n) is 2.61. The molecule has 0 fully saturated rings. The van der Waals surface area contributed by atoms with Crippen molar-refractivity contribution in [1.29, 1.82) is 0 Å². The molecule has 0 heterocycles. The van der Waals surface area contributed by atoms with Crippen LogP contribution >= 0.6 is 0 Å². The van der Waals surface area contributed by atoms with E-state index in [2.05, 4.69) is 0 Å². The number of rotatable bonds is 2. The van der Waals surface area contributed by atoms with E-state index in [1.54, 1.807) is 0 Å². The summed E-state index contributed by atoms with van der Waals surface area (Å²) in [5.74, 6) is -1.59. The largest absolute Gasteiger partial charge is 0.399 e. The summed E-state index contributed by atoms with van der Waals surface area (Å²) in [5.41, 5.74) is 2.57. The molecule has 0 spiro atoms. The number of benzene rings is 1. The van der Waals surface area contributed by atoms with Gasteiger partial charge >= 0.3 is 0 Å². The molecular weight excluding hydrogens is 205 g/mol. The Bertz CT molecular complexity index is 307. The summed E-state index contributed by atoms with van der Waals surface area (Å²) in [6, 6.07) is 1.29. The molecule has 14 heavy (non-hydrogen) atoms. The van der Waals surface area contributed by atoms with E-state index in [0.717, 1.165) is 0 Å². The predicted octanol–water partition coefficient (Wildman–Crippen LogP) is 3.28. The maximum absolute atomic E-state index is 12.9. The van der Waals surface area contributed by atoms with E-state index in [4.69, 9.17) is 5.73 Å². The quantitative estimate of drug-likeness (QED) is 0.589. The number of nitrogen functional groups attached to an aromatic ring is 1. The van der Waals surface area contributed by atoms with Crippen LogP contribution in [0.5, 0.6) is 0 Å². The maximum atomic E-state index is 12.9. The minimum atomic E-state index is -3.16. The van der Waals surface area contributed by atoms with E-state index in [0.29, 0.717) is 12.1 Å². The first-order valence-corrected chi connectivity index (χ1v) is 3.58. The van der Waals surface area contributed by atoms with Crippen LogP contribution in [0.15, 0.2) is 12.1 Å². The van der Waals surface area contributed by atoms with Crippen LogP contribution in [-0.2, 0) is 0 Å². The van der Waals surface area contributed by atoms with Crippen LogP contribution in [0.4, 0.5) is 27.6 Å². The van der Waals surface area contributed by atoms with Gasteiger partial charge in [0, 0.05) is 5.69 Å². The zero-order valence-corrected chi connectivity index (χ0v) is 6.78. The Kier molecular flexibility index (Phi) is 2.93. The Morgan fingerprint density at radius 1 is 0.929 bits per heavy atom. The van der Waals surface area contributed by atoms with Gasteiger partial charge in [0.15, 0.2) is 0 Å². The van der Waals surface area contributed by atoms with Crippen LogP contribution in [-0.4, -0.2) is 0 Å². The highest BCUT2D eigenvalue weighted by molar-refractivity contribution is 5.46. The Hall–Kier alpha value is -1.33. The number of nitrogens with two attached hydrogens (primary N) is 1. The molecule has 1 aromatic carbocycles. The smallest absolute Gasteiger partial charge is 0.266 e. The Morgan fingerprint density at radius 3 is 1.57 bits per heavy atom. The number of hydrogen-bond acceptors (Lipinski definition) is 1. The molecule has 0 saturated heterocycles. The van der Waals surface area contributed by atoms with Crippen molar-refractivity contribution >= 4 is 5.69 Å². The third kappa shape index (κ3) is 1.94. The fourth-order valence-corrected chi connectivity index (χ4v) is 1.01. The molecule has 0 aliphatic rings. The van der Waals surface area contributed by atoms with Crippen LogP contribution in [0.25, 0.3) is 0 Å². The van der Waals surface area contributed by atoms with Gasteiger partial charge in [-0.2, -0.15) is 0 Å². The molecule has 2 N–H and O–H groups in total.